The highest BCUT2D eigenvalue weighted by molar-refractivity contribution is 5.75. The molecular formula is C15H18N4. The molecule has 0 saturated heterocycles. The Morgan fingerprint density at radius 1 is 1.21 bits per heavy atom. The van der Waals surface area contributed by atoms with E-state index in [4.69, 9.17) is 5.73 Å². The fraction of sp³-hybridized carbons (Fsp3) is 0.267. The summed E-state index contributed by atoms with van der Waals surface area (Å²) in [5.41, 5.74) is 9.40. The second kappa shape index (κ2) is 5.28. The van der Waals surface area contributed by atoms with E-state index >= 15 is 0 Å². The van der Waals surface area contributed by atoms with Gasteiger partial charge in [-0.1, -0.05) is 30.4 Å². The van der Waals surface area contributed by atoms with Gasteiger partial charge in [0.05, 0.1) is 17.9 Å². The Balaban J connectivity index is 2.04. The third-order valence-corrected chi connectivity index (χ3v) is 3.35. The summed E-state index contributed by atoms with van der Waals surface area (Å²) in [5.74, 6) is 0.843. The third kappa shape index (κ3) is 2.53. The first-order valence-electron chi connectivity index (χ1n) is 6.63. The number of hydrogen-bond acceptors (Lipinski definition) is 3. The number of nitrogens with one attached hydrogen (secondary N) is 2. The number of para-hydroxylation sites is 1. The fourth-order valence-electron chi connectivity index (χ4n) is 2.30. The number of hydrogen-bond donors (Lipinski definition) is 3. The number of aromatic amines is 1. The minimum Gasteiger partial charge on any atom is -0.384 e. The van der Waals surface area contributed by atoms with Gasteiger partial charge in [0.25, 0.3) is 0 Å². The van der Waals surface area contributed by atoms with Crippen molar-refractivity contribution in [2.75, 3.05) is 11.9 Å². The predicted molar refractivity (Wildman–Crippen MR) is 77.8 cm³/mol. The molecular weight excluding hydrogens is 236 g/mol. The highest BCUT2D eigenvalue weighted by atomic mass is 15.0. The van der Waals surface area contributed by atoms with Crippen molar-refractivity contribution < 1.29 is 0 Å². The monoisotopic (exact) mass is 254 g/mol. The topological polar surface area (TPSA) is 66.7 Å². The van der Waals surface area contributed by atoms with Gasteiger partial charge >= 0.3 is 0 Å². The molecule has 1 atom stereocenters. The molecule has 2 heterocycles. The molecule has 4 heteroatoms. The van der Waals surface area contributed by atoms with Gasteiger partial charge in [-0.05, 0) is 18.9 Å². The van der Waals surface area contributed by atoms with Crippen LogP contribution < -0.4 is 11.1 Å². The van der Waals surface area contributed by atoms with Gasteiger partial charge in [0.15, 0.2) is 0 Å². The highest BCUT2D eigenvalue weighted by Crippen LogP contribution is 2.27. The molecule has 1 aliphatic heterocycles. The summed E-state index contributed by atoms with van der Waals surface area (Å²) in [6.45, 7) is 0.920. The Kier molecular flexibility index (Phi) is 3.33. The number of H-pyrrole nitrogens is 1. The van der Waals surface area contributed by atoms with E-state index in [0.29, 0.717) is 0 Å². The molecule has 4 nitrogen and oxygen atoms in total. The van der Waals surface area contributed by atoms with Crippen LogP contribution in [0, 0.1) is 0 Å². The zero-order valence-corrected chi connectivity index (χ0v) is 10.8. The standard InChI is InChI=1S/C15H18N4/c16-12-7-2-1-5-9-17-13-8-4-3-6-11(13)14-10-18-15(12)19-14/h1-4,6,8,10,12,17H,5,7,9,16H2,(H,18,19)/b2-1+. The molecule has 2 bridgehead atoms. The summed E-state index contributed by atoms with van der Waals surface area (Å²) in [7, 11) is 0. The largest absolute Gasteiger partial charge is 0.384 e. The molecule has 3 rings (SSSR count). The zero-order chi connectivity index (χ0) is 13.1. The smallest absolute Gasteiger partial charge is 0.123 e. The summed E-state index contributed by atoms with van der Waals surface area (Å²) in [6.07, 6.45) is 7.97. The minimum absolute atomic E-state index is 0.0652. The van der Waals surface area contributed by atoms with Crippen LogP contribution in [-0.4, -0.2) is 16.5 Å². The van der Waals surface area contributed by atoms with Crippen molar-refractivity contribution in [3.05, 3.63) is 48.4 Å². The molecule has 1 unspecified atom stereocenters. The Morgan fingerprint density at radius 2 is 2.11 bits per heavy atom. The van der Waals surface area contributed by atoms with E-state index in [0.717, 1.165) is 42.2 Å². The molecule has 98 valence electrons. The van der Waals surface area contributed by atoms with E-state index < -0.39 is 0 Å². The van der Waals surface area contributed by atoms with E-state index in [-0.39, 0.29) is 6.04 Å². The van der Waals surface area contributed by atoms with Gasteiger partial charge in [-0.15, -0.1) is 0 Å². The molecule has 0 radical (unpaired) electrons. The Bertz CT molecular complexity index is 585. The Labute approximate surface area is 112 Å². The molecule has 0 amide bonds. The van der Waals surface area contributed by atoms with Crippen molar-refractivity contribution in [2.24, 2.45) is 5.73 Å². The van der Waals surface area contributed by atoms with Crippen LogP contribution in [0.15, 0.2) is 42.6 Å². The molecule has 1 aromatic carbocycles. The van der Waals surface area contributed by atoms with E-state index in [2.05, 4.69) is 39.6 Å². The van der Waals surface area contributed by atoms with Crippen LogP contribution >= 0.6 is 0 Å². The van der Waals surface area contributed by atoms with E-state index in [1.807, 2.05) is 18.3 Å². The first-order valence-corrected chi connectivity index (χ1v) is 6.63. The van der Waals surface area contributed by atoms with Gasteiger partial charge in [-0.25, -0.2) is 4.98 Å². The normalized spacial score (nSPS) is 20.6. The molecule has 1 aromatic heterocycles. The maximum Gasteiger partial charge on any atom is 0.123 e. The number of fused-ring (bicyclic) bond motifs is 4. The summed E-state index contributed by atoms with van der Waals surface area (Å²) in [4.78, 5) is 7.73. The number of aromatic nitrogens is 2. The highest BCUT2D eigenvalue weighted by Gasteiger charge is 2.12. The minimum atomic E-state index is -0.0652. The van der Waals surface area contributed by atoms with Crippen LogP contribution in [0.4, 0.5) is 5.69 Å². The van der Waals surface area contributed by atoms with E-state index in [1.54, 1.807) is 0 Å². The average molecular weight is 254 g/mol. The molecule has 4 N–H and O–H groups in total. The summed E-state index contributed by atoms with van der Waals surface area (Å²) < 4.78 is 0. The van der Waals surface area contributed by atoms with Crippen molar-refractivity contribution in [2.45, 2.75) is 18.9 Å². The van der Waals surface area contributed by atoms with Gasteiger partial charge in [-0.2, -0.15) is 0 Å². The molecule has 2 aromatic rings. The van der Waals surface area contributed by atoms with Gasteiger partial charge in [-0.3, -0.25) is 0 Å². The lowest BCUT2D eigenvalue weighted by Crippen LogP contribution is -2.11. The van der Waals surface area contributed by atoms with Gasteiger partial charge in [0.2, 0.25) is 0 Å². The first-order chi connectivity index (χ1) is 9.34. The zero-order valence-electron chi connectivity index (χ0n) is 10.8. The molecule has 19 heavy (non-hydrogen) atoms. The number of imidazole rings is 1. The fourth-order valence-corrected chi connectivity index (χ4v) is 2.30. The maximum absolute atomic E-state index is 6.12. The number of anilines is 1. The lowest BCUT2D eigenvalue weighted by molar-refractivity contribution is 0.692. The van der Waals surface area contributed by atoms with Crippen LogP contribution in [0.3, 0.4) is 0 Å². The summed E-state index contributed by atoms with van der Waals surface area (Å²) in [6, 6.07) is 8.19. The average Bonchev–Trinajstić information content (AvgIpc) is 2.91. The maximum atomic E-state index is 6.12. The third-order valence-electron chi connectivity index (χ3n) is 3.35. The first kappa shape index (κ1) is 12.0. The van der Waals surface area contributed by atoms with Crippen molar-refractivity contribution in [3.8, 4) is 11.3 Å². The Hall–Kier alpha value is -2.07. The summed E-state index contributed by atoms with van der Waals surface area (Å²) in [5, 5.41) is 3.46. The number of nitrogens with zero attached hydrogens (tertiary/aromatic N) is 1. The summed E-state index contributed by atoms with van der Waals surface area (Å²) >= 11 is 0. The molecule has 1 aliphatic rings. The lowest BCUT2D eigenvalue weighted by Gasteiger charge is -2.11. The van der Waals surface area contributed by atoms with Gasteiger partial charge in [0, 0.05) is 17.8 Å². The molecule has 0 spiro atoms. The quantitative estimate of drug-likeness (QED) is 0.633. The second-order valence-electron chi connectivity index (χ2n) is 4.76. The Morgan fingerprint density at radius 3 is 3.05 bits per heavy atom. The van der Waals surface area contributed by atoms with Gasteiger partial charge < -0.3 is 16.0 Å². The van der Waals surface area contributed by atoms with Crippen molar-refractivity contribution >= 4 is 5.69 Å². The van der Waals surface area contributed by atoms with Crippen LogP contribution in [0.2, 0.25) is 0 Å². The molecule has 0 aliphatic carbocycles. The van der Waals surface area contributed by atoms with Crippen LogP contribution in [-0.2, 0) is 0 Å². The second-order valence-corrected chi connectivity index (χ2v) is 4.76. The van der Waals surface area contributed by atoms with Crippen LogP contribution in [0.1, 0.15) is 24.7 Å². The van der Waals surface area contributed by atoms with Crippen molar-refractivity contribution in [1.29, 1.82) is 0 Å². The number of benzene rings is 1. The number of nitrogens with two attached hydrogens (primary N) is 1. The van der Waals surface area contributed by atoms with Crippen LogP contribution in [0.5, 0.6) is 0 Å². The van der Waals surface area contributed by atoms with Crippen molar-refractivity contribution in [1.82, 2.24) is 9.97 Å². The van der Waals surface area contributed by atoms with E-state index in [1.165, 1.54) is 0 Å². The predicted octanol–water partition coefficient (Wildman–Crippen LogP) is 2.84. The molecule has 0 fully saturated rings. The van der Waals surface area contributed by atoms with Crippen LogP contribution in [0.25, 0.3) is 11.3 Å². The SMILES string of the molecule is NC1C/C=C/CCNc2ccccc2-c2cnc1[nH]2. The molecule has 0 saturated carbocycles. The van der Waals surface area contributed by atoms with Gasteiger partial charge in [0.1, 0.15) is 5.82 Å². The van der Waals surface area contributed by atoms with E-state index in [9.17, 15) is 0 Å². The number of rotatable bonds is 0. The lowest BCUT2D eigenvalue weighted by atomic mass is 10.1. The van der Waals surface area contributed by atoms with Crippen molar-refractivity contribution in [3.63, 3.8) is 0 Å².